The number of carboxylic acids is 1. The van der Waals surface area contributed by atoms with E-state index >= 15 is 0 Å². The zero-order valence-electron chi connectivity index (χ0n) is 16.1. The number of anilines is 1. The molecule has 1 saturated heterocycles. The van der Waals surface area contributed by atoms with E-state index < -0.39 is 35.3 Å². The van der Waals surface area contributed by atoms with Crippen LogP contribution in [-0.2, 0) is 24.0 Å². The molecule has 6 N–H and O–H groups in total. The topological polar surface area (TPSA) is 200 Å². The van der Waals surface area contributed by atoms with Gasteiger partial charge in [-0.15, -0.1) is 23.1 Å². The summed E-state index contributed by atoms with van der Waals surface area (Å²) in [7, 11) is 0. The fourth-order valence-electron chi connectivity index (χ4n) is 2.89. The predicted molar refractivity (Wildman–Crippen MR) is 110 cm³/mol. The van der Waals surface area contributed by atoms with E-state index in [2.05, 4.69) is 20.2 Å². The Hall–Kier alpha value is -3.33. The maximum absolute atomic E-state index is 12.8. The van der Waals surface area contributed by atoms with Crippen LogP contribution in [0.25, 0.3) is 0 Å². The number of nitrogen functional groups attached to an aromatic ring is 1. The van der Waals surface area contributed by atoms with Crippen LogP contribution in [0, 0.1) is 0 Å². The lowest BCUT2D eigenvalue weighted by Gasteiger charge is -2.49. The van der Waals surface area contributed by atoms with Gasteiger partial charge in [-0.25, -0.2) is 14.6 Å². The molecule has 1 unspecified atom stereocenters. The molecule has 0 saturated carbocycles. The van der Waals surface area contributed by atoms with Crippen molar-refractivity contribution in [2.45, 2.75) is 18.3 Å². The average molecular weight is 470 g/mol. The maximum Gasteiger partial charge on any atom is 0.404 e. The smallest absolute Gasteiger partial charge is 0.404 e. The first kappa shape index (κ1) is 22.4. The van der Waals surface area contributed by atoms with E-state index in [9.17, 15) is 24.3 Å². The van der Waals surface area contributed by atoms with Gasteiger partial charge in [0.15, 0.2) is 10.8 Å². The predicted octanol–water partition coefficient (Wildman–Crippen LogP) is -0.700. The van der Waals surface area contributed by atoms with Gasteiger partial charge in [0, 0.05) is 16.7 Å². The first-order valence-corrected chi connectivity index (χ1v) is 10.7. The van der Waals surface area contributed by atoms with Gasteiger partial charge in [0.2, 0.25) is 0 Å². The fraction of sp³-hybridized carbons (Fsp3) is 0.375. The number of carboxylic acid groups (broad SMARTS) is 1. The molecule has 2 aliphatic heterocycles. The Bertz CT molecular complexity index is 991. The number of carbonyl (C=O) groups is 4. The van der Waals surface area contributed by atoms with Gasteiger partial charge in [-0.05, 0) is 6.92 Å². The summed E-state index contributed by atoms with van der Waals surface area (Å²) in [5.41, 5.74) is 10.5. The lowest BCUT2D eigenvalue weighted by atomic mass is 10.0. The summed E-state index contributed by atoms with van der Waals surface area (Å²) < 4.78 is 4.67. The SMILES string of the molecule is CCO/N=C(\C(=O)NC1C(=O)N2C(C(=O)O)=C(COC(N)=O)CS[C@H]12)c1csc(N)n1. The minimum absolute atomic E-state index is 0.161. The lowest BCUT2D eigenvalue weighted by Crippen LogP contribution is -2.71. The van der Waals surface area contributed by atoms with Gasteiger partial charge in [-0.1, -0.05) is 5.16 Å². The molecule has 0 radical (unpaired) electrons. The number of amides is 3. The third-order valence-electron chi connectivity index (χ3n) is 4.19. The molecule has 1 fully saturated rings. The Morgan fingerprint density at radius 2 is 2.19 bits per heavy atom. The van der Waals surface area contributed by atoms with E-state index in [0.29, 0.717) is 0 Å². The molecule has 0 bridgehead atoms. The van der Waals surface area contributed by atoms with Crippen molar-refractivity contribution in [2.24, 2.45) is 10.9 Å². The van der Waals surface area contributed by atoms with Crippen LogP contribution in [-0.4, -0.2) is 75.0 Å². The summed E-state index contributed by atoms with van der Waals surface area (Å²) in [6.07, 6.45) is -1.06. The van der Waals surface area contributed by atoms with E-state index in [1.807, 2.05) is 0 Å². The molecule has 1 aromatic rings. The summed E-state index contributed by atoms with van der Waals surface area (Å²) in [4.78, 5) is 58.0. The van der Waals surface area contributed by atoms with Gasteiger partial charge in [0.1, 0.15) is 36.0 Å². The van der Waals surface area contributed by atoms with Gasteiger partial charge in [0.25, 0.3) is 11.8 Å². The highest BCUT2D eigenvalue weighted by Gasteiger charge is 2.54. The van der Waals surface area contributed by atoms with Crippen LogP contribution in [0.3, 0.4) is 0 Å². The van der Waals surface area contributed by atoms with Gasteiger partial charge < -0.3 is 31.5 Å². The number of thiazole rings is 1. The summed E-state index contributed by atoms with van der Waals surface area (Å²) in [6.45, 7) is 1.53. The zero-order valence-corrected chi connectivity index (χ0v) is 17.7. The van der Waals surface area contributed by atoms with Crippen LogP contribution in [0.1, 0.15) is 12.6 Å². The standard InChI is InChI=1S/C16H18N6O7S2/c1-2-29-21-8(7-5-31-15(17)19-7)11(23)20-9-12(24)22-10(14(25)26)6(3-28-16(18)27)4-30-13(9)22/h5,9,13H,2-4H2,1H3,(H2,17,19)(H2,18,27)(H,20,23)(H,25,26)/b21-8-/t9?,13-/m1/s1. The number of ether oxygens (including phenoxy) is 1. The summed E-state index contributed by atoms with van der Waals surface area (Å²) in [6, 6.07) is -0.992. The molecular formula is C16H18N6O7S2. The number of fused-ring (bicyclic) bond motifs is 1. The van der Waals surface area contributed by atoms with Crippen LogP contribution < -0.4 is 16.8 Å². The molecule has 31 heavy (non-hydrogen) atoms. The van der Waals surface area contributed by atoms with Crippen molar-refractivity contribution in [3.05, 3.63) is 22.3 Å². The molecule has 3 amide bonds. The lowest BCUT2D eigenvalue weighted by molar-refractivity contribution is -0.150. The molecule has 15 heteroatoms. The second-order valence-electron chi connectivity index (χ2n) is 6.15. The number of hydrogen-bond donors (Lipinski definition) is 4. The number of nitrogens with one attached hydrogen (secondary N) is 1. The number of rotatable bonds is 8. The Kier molecular flexibility index (Phi) is 6.65. The van der Waals surface area contributed by atoms with Crippen LogP contribution in [0.5, 0.6) is 0 Å². The number of thioether (sulfide) groups is 1. The molecule has 2 atom stereocenters. The first-order chi connectivity index (χ1) is 14.7. The van der Waals surface area contributed by atoms with E-state index in [1.165, 1.54) is 17.1 Å². The van der Waals surface area contributed by atoms with Crippen LogP contribution >= 0.6 is 23.1 Å². The Balaban J connectivity index is 1.78. The highest BCUT2D eigenvalue weighted by Crippen LogP contribution is 2.40. The van der Waals surface area contributed by atoms with Crippen molar-refractivity contribution in [1.29, 1.82) is 0 Å². The molecular weight excluding hydrogens is 452 g/mol. The normalized spacial score (nSPS) is 20.6. The van der Waals surface area contributed by atoms with Gasteiger partial charge in [0.05, 0.1) is 0 Å². The average Bonchev–Trinajstić information content (AvgIpc) is 3.15. The van der Waals surface area contributed by atoms with E-state index in [-0.39, 0.29) is 46.8 Å². The van der Waals surface area contributed by atoms with Crippen molar-refractivity contribution in [3.63, 3.8) is 0 Å². The molecule has 0 aromatic carbocycles. The molecule has 2 aliphatic rings. The quantitative estimate of drug-likeness (QED) is 0.214. The van der Waals surface area contributed by atoms with E-state index in [1.54, 1.807) is 6.92 Å². The molecule has 3 heterocycles. The van der Waals surface area contributed by atoms with Gasteiger partial charge >= 0.3 is 12.1 Å². The number of carbonyl (C=O) groups excluding carboxylic acids is 3. The van der Waals surface area contributed by atoms with Crippen molar-refractivity contribution in [3.8, 4) is 0 Å². The zero-order chi connectivity index (χ0) is 22.7. The highest BCUT2D eigenvalue weighted by molar-refractivity contribution is 8.00. The summed E-state index contributed by atoms with van der Waals surface area (Å²) >= 11 is 2.32. The van der Waals surface area contributed by atoms with Crippen LogP contribution in [0.2, 0.25) is 0 Å². The summed E-state index contributed by atoms with van der Waals surface area (Å²) in [5.74, 6) is -2.55. The molecule has 166 valence electrons. The number of nitrogens with two attached hydrogens (primary N) is 2. The van der Waals surface area contributed by atoms with Crippen molar-refractivity contribution >= 4 is 57.8 Å². The summed E-state index contributed by atoms with van der Waals surface area (Å²) in [5, 5.41) is 16.9. The molecule has 3 rings (SSSR count). The number of aliphatic carboxylic acids is 1. The van der Waals surface area contributed by atoms with Gasteiger partial charge in [-0.2, -0.15) is 0 Å². The number of primary amides is 1. The number of hydrogen-bond acceptors (Lipinski definition) is 11. The highest BCUT2D eigenvalue weighted by atomic mass is 32.2. The Labute approximate surface area is 183 Å². The largest absolute Gasteiger partial charge is 0.477 e. The van der Waals surface area contributed by atoms with Gasteiger partial charge in [-0.3, -0.25) is 14.5 Å². The number of oxime groups is 1. The van der Waals surface area contributed by atoms with E-state index in [0.717, 1.165) is 16.2 Å². The molecule has 1 aromatic heterocycles. The van der Waals surface area contributed by atoms with Crippen LogP contribution in [0.15, 0.2) is 21.8 Å². The van der Waals surface area contributed by atoms with Crippen LogP contribution in [0.4, 0.5) is 9.93 Å². The third-order valence-corrected chi connectivity index (χ3v) is 6.20. The van der Waals surface area contributed by atoms with Crippen molar-refractivity contribution in [2.75, 3.05) is 24.7 Å². The van der Waals surface area contributed by atoms with E-state index in [4.69, 9.17) is 16.3 Å². The number of aromatic nitrogens is 1. The minimum Gasteiger partial charge on any atom is -0.477 e. The monoisotopic (exact) mass is 470 g/mol. The molecule has 0 aliphatic carbocycles. The maximum atomic E-state index is 12.8. The Morgan fingerprint density at radius 1 is 1.45 bits per heavy atom. The fourth-order valence-corrected chi connectivity index (χ4v) is 4.77. The molecule has 0 spiro atoms. The first-order valence-electron chi connectivity index (χ1n) is 8.79. The minimum atomic E-state index is -1.36. The number of β-lactam (4-membered cyclic amide) rings is 1. The van der Waals surface area contributed by atoms with Crippen molar-refractivity contribution < 1.29 is 33.9 Å². The third kappa shape index (κ3) is 4.56. The second-order valence-corrected chi connectivity index (χ2v) is 8.15. The Morgan fingerprint density at radius 3 is 2.77 bits per heavy atom. The van der Waals surface area contributed by atoms with Crippen molar-refractivity contribution in [1.82, 2.24) is 15.2 Å². The second kappa shape index (κ2) is 9.22. The number of nitrogens with zero attached hydrogens (tertiary/aromatic N) is 3. The molecule has 13 nitrogen and oxygen atoms in total.